The molecular weight excluding hydrogens is 306 g/mol. The molecule has 0 radical (unpaired) electrons. The van der Waals surface area contributed by atoms with Crippen LogP contribution in [0.1, 0.15) is 28.9 Å². The highest BCUT2D eigenvalue weighted by molar-refractivity contribution is 9.10. The molecule has 1 fully saturated rings. The average Bonchev–Trinajstić information content (AvgIpc) is 2.59. The van der Waals surface area contributed by atoms with E-state index in [9.17, 15) is 9.59 Å². The lowest BCUT2D eigenvalue weighted by atomic mass is 9.91. The smallest absolute Gasteiger partial charge is 0.323 e. The standard InChI is InChI=1S/C11H12BrNO3S/c12-7-4-9(17-6-7)11(16)13(5-10(14)15)8-2-1-3-8/h4,6,8H,1-3,5H2,(H,14,15). The Kier molecular flexibility index (Phi) is 3.83. The summed E-state index contributed by atoms with van der Waals surface area (Å²) in [4.78, 5) is 25.0. The molecule has 0 aliphatic heterocycles. The van der Waals surface area contributed by atoms with Crippen LogP contribution in [0.4, 0.5) is 0 Å². The van der Waals surface area contributed by atoms with Gasteiger partial charge in [-0.2, -0.15) is 0 Å². The summed E-state index contributed by atoms with van der Waals surface area (Å²) in [7, 11) is 0. The summed E-state index contributed by atoms with van der Waals surface area (Å²) in [5.74, 6) is -1.13. The normalized spacial score (nSPS) is 15.4. The summed E-state index contributed by atoms with van der Waals surface area (Å²) >= 11 is 4.63. The third kappa shape index (κ3) is 2.87. The van der Waals surface area contributed by atoms with Gasteiger partial charge in [-0.15, -0.1) is 11.3 Å². The molecule has 0 atom stereocenters. The Hall–Kier alpha value is -0.880. The van der Waals surface area contributed by atoms with E-state index in [-0.39, 0.29) is 18.5 Å². The first-order valence-electron chi connectivity index (χ1n) is 5.34. The number of hydrogen-bond acceptors (Lipinski definition) is 3. The van der Waals surface area contributed by atoms with Crippen molar-refractivity contribution in [1.29, 1.82) is 0 Å². The van der Waals surface area contributed by atoms with E-state index in [2.05, 4.69) is 15.9 Å². The number of carbonyl (C=O) groups excluding carboxylic acids is 1. The minimum atomic E-state index is -0.958. The third-order valence-electron chi connectivity index (χ3n) is 2.86. The molecule has 1 aliphatic rings. The molecule has 1 N–H and O–H groups in total. The van der Waals surface area contributed by atoms with Gasteiger partial charge in [0.15, 0.2) is 0 Å². The first-order chi connectivity index (χ1) is 8.08. The lowest BCUT2D eigenvalue weighted by molar-refractivity contribution is -0.138. The van der Waals surface area contributed by atoms with Gasteiger partial charge in [-0.1, -0.05) is 0 Å². The fraction of sp³-hybridized carbons (Fsp3) is 0.455. The zero-order valence-electron chi connectivity index (χ0n) is 9.06. The fourth-order valence-electron chi connectivity index (χ4n) is 1.78. The molecule has 1 saturated carbocycles. The molecule has 0 unspecified atom stereocenters. The van der Waals surface area contributed by atoms with Crippen LogP contribution in [-0.2, 0) is 4.79 Å². The maximum atomic E-state index is 12.2. The van der Waals surface area contributed by atoms with Gasteiger partial charge in [0.2, 0.25) is 0 Å². The van der Waals surface area contributed by atoms with Crippen molar-refractivity contribution in [2.24, 2.45) is 0 Å². The van der Waals surface area contributed by atoms with Gasteiger partial charge in [0, 0.05) is 15.9 Å². The van der Waals surface area contributed by atoms with Gasteiger partial charge in [0.25, 0.3) is 5.91 Å². The van der Waals surface area contributed by atoms with Crippen molar-refractivity contribution in [3.05, 3.63) is 20.8 Å². The molecule has 1 heterocycles. The Bertz CT molecular complexity index is 442. The molecule has 0 bridgehead atoms. The molecule has 4 nitrogen and oxygen atoms in total. The lowest BCUT2D eigenvalue weighted by Gasteiger charge is -2.36. The number of rotatable bonds is 4. The summed E-state index contributed by atoms with van der Waals surface area (Å²) in [5, 5.41) is 10.7. The van der Waals surface area contributed by atoms with Crippen molar-refractivity contribution in [3.8, 4) is 0 Å². The minimum absolute atomic E-state index is 0.0967. The van der Waals surface area contributed by atoms with Crippen LogP contribution in [0.25, 0.3) is 0 Å². The van der Waals surface area contributed by atoms with Crippen molar-refractivity contribution in [2.75, 3.05) is 6.54 Å². The van der Waals surface area contributed by atoms with Crippen LogP contribution in [0.3, 0.4) is 0 Å². The molecule has 92 valence electrons. The van der Waals surface area contributed by atoms with Crippen LogP contribution in [0.15, 0.2) is 15.9 Å². The van der Waals surface area contributed by atoms with E-state index in [1.54, 1.807) is 6.07 Å². The molecule has 1 aliphatic carbocycles. The van der Waals surface area contributed by atoms with Gasteiger partial charge in [-0.3, -0.25) is 9.59 Å². The van der Waals surface area contributed by atoms with E-state index in [4.69, 9.17) is 5.11 Å². The lowest BCUT2D eigenvalue weighted by Crippen LogP contribution is -2.46. The monoisotopic (exact) mass is 317 g/mol. The van der Waals surface area contributed by atoms with Gasteiger partial charge >= 0.3 is 5.97 Å². The number of amides is 1. The van der Waals surface area contributed by atoms with Gasteiger partial charge in [0.05, 0.1) is 4.88 Å². The Labute approximate surface area is 111 Å². The van der Waals surface area contributed by atoms with E-state index < -0.39 is 5.97 Å². The van der Waals surface area contributed by atoms with Crippen LogP contribution in [0, 0.1) is 0 Å². The Balaban J connectivity index is 2.14. The topological polar surface area (TPSA) is 57.6 Å². The molecule has 1 aromatic heterocycles. The van der Waals surface area contributed by atoms with Crippen LogP contribution in [-0.4, -0.2) is 34.5 Å². The van der Waals surface area contributed by atoms with Crippen molar-refractivity contribution in [1.82, 2.24) is 4.90 Å². The van der Waals surface area contributed by atoms with E-state index in [0.29, 0.717) is 4.88 Å². The van der Waals surface area contributed by atoms with Crippen LogP contribution in [0.2, 0.25) is 0 Å². The predicted molar refractivity (Wildman–Crippen MR) is 68.3 cm³/mol. The van der Waals surface area contributed by atoms with E-state index in [0.717, 1.165) is 23.7 Å². The van der Waals surface area contributed by atoms with Crippen LogP contribution < -0.4 is 0 Å². The molecule has 2 rings (SSSR count). The number of halogens is 1. The first kappa shape index (κ1) is 12.6. The highest BCUT2D eigenvalue weighted by atomic mass is 79.9. The van der Waals surface area contributed by atoms with E-state index in [1.165, 1.54) is 16.2 Å². The minimum Gasteiger partial charge on any atom is -0.480 e. The summed E-state index contributed by atoms with van der Waals surface area (Å²) in [6, 6.07) is 1.83. The maximum Gasteiger partial charge on any atom is 0.323 e. The van der Waals surface area contributed by atoms with Crippen molar-refractivity contribution in [2.45, 2.75) is 25.3 Å². The zero-order valence-corrected chi connectivity index (χ0v) is 11.5. The zero-order chi connectivity index (χ0) is 12.4. The molecule has 0 saturated heterocycles. The van der Waals surface area contributed by atoms with Gasteiger partial charge in [0.1, 0.15) is 6.54 Å². The second-order valence-electron chi connectivity index (χ2n) is 4.04. The highest BCUT2D eigenvalue weighted by Crippen LogP contribution is 2.28. The highest BCUT2D eigenvalue weighted by Gasteiger charge is 2.31. The van der Waals surface area contributed by atoms with Gasteiger partial charge in [-0.05, 0) is 41.3 Å². The molecule has 17 heavy (non-hydrogen) atoms. The number of carboxylic acids is 1. The molecule has 0 spiro atoms. The van der Waals surface area contributed by atoms with Crippen LogP contribution >= 0.6 is 27.3 Å². The van der Waals surface area contributed by atoms with Gasteiger partial charge < -0.3 is 10.0 Å². The Morgan fingerprint density at radius 1 is 1.53 bits per heavy atom. The quantitative estimate of drug-likeness (QED) is 0.928. The molecule has 6 heteroatoms. The number of nitrogens with zero attached hydrogens (tertiary/aromatic N) is 1. The summed E-state index contributed by atoms with van der Waals surface area (Å²) in [6.45, 7) is -0.209. The van der Waals surface area contributed by atoms with Crippen molar-refractivity contribution in [3.63, 3.8) is 0 Å². The molecule has 0 aromatic carbocycles. The third-order valence-corrected chi connectivity index (χ3v) is 4.54. The SMILES string of the molecule is O=C(O)CN(C(=O)c1cc(Br)cs1)C1CCC1. The second kappa shape index (κ2) is 5.18. The molecule has 1 aromatic rings. The van der Waals surface area contributed by atoms with E-state index in [1.807, 2.05) is 5.38 Å². The van der Waals surface area contributed by atoms with Gasteiger partial charge in [-0.25, -0.2) is 0 Å². The number of aliphatic carboxylic acids is 1. The van der Waals surface area contributed by atoms with E-state index >= 15 is 0 Å². The number of hydrogen-bond donors (Lipinski definition) is 1. The Morgan fingerprint density at radius 2 is 2.24 bits per heavy atom. The molecular formula is C11H12BrNO3S. The summed E-state index contributed by atoms with van der Waals surface area (Å²) in [5.41, 5.74) is 0. The van der Waals surface area contributed by atoms with Crippen LogP contribution in [0.5, 0.6) is 0 Å². The number of thiophene rings is 1. The average molecular weight is 318 g/mol. The summed E-state index contributed by atoms with van der Waals surface area (Å²) in [6.07, 6.45) is 2.89. The molecule has 1 amide bonds. The predicted octanol–water partition coefficient (Wildman–Crippen LogP) is 2.59. The van der Waals surface area contributed by atoms with Crippen molar-refractivity contribution < 1.29 is 14.7 Å². The van der Waals surface area contributed by atoms with Crippen molar-refractivity contribution >= 4 is 39.1 Å². The number of carbonyl (C=O) groups is 2. The Morgan fingerprint density at radius 3 is 2.65 bits per heavy atom. The fourth-order valence-corrected chi connectivity index (χ4v) is 3.16. The number of carboxylic acid groups (broad SMARTS) is 1. The maximum absolute atomic E-state index is 12.2. The first-order valence-corrected chi connectivity index (χ1v) is 7.02. The summed E-state index contributed by atoms with van der Waals surface area (Å²) < 4.78 is 0.856. The largest absolute Gasteiger partial charge is 0.480 e. The second-order valence-corrected chi connectivity index (χ2v) is 5.87.